The molecule has 0 atom stereocenters. The Morgan fingerprint density at radius 1 is 1.09 bits per heavy atom. The van der Waals surface area contributed by atoms with Gasteiger partial charge >= 0.3 is 0 Å². The summed E-state index contributed by atoms with van der Waals surface area (Å²) in [6.07, 6.45) is 0. The molecule has 0 aliphatic rings. The Hall–Kier alpha value is -2.40. The Bertz CT molecular complexity index is 656. The Balaban J connectivity index is 2.11. The maximum Gasteiger partial charge on any atom is 0.186 e. The van der Waals surface area contributed by atoms with Crippen molar-refractivity contribution in [2.75, 3.05) is 7.05 Å². The zero-order chi connectivity index (χ0) is 15.8. The van der Waals surface area contributed by atoms with Crippen LogP contribution < -0.4 is 15.5 Å². The summed E-state index contributed by atoms with van der Waals surface area (Å²) < 4.78 is 5.92. The number of nitrogens with zero attached hydrogens (tertiary/aromatic N) is 1. The first-order valence-corrected chi connectivity index (χ1v) is 7.39. The summed E-state index contributed by atoms with van der Waals surface area (Å²) >= 11 is 5.01. The zero-order valence-electron chi connectivity index (χ0n) is 12.7. The number of nitrogens with one attached hydrogen (secondary N) is 2. The second-order valence-corrected chi connectivity index (χ2v) is 5.07. The quantitative estimate of drug-likeness (QED) is 0.506. The van der Waals surface area contributed by atoms with E-state index in [0.29, 0.717) is 11.7 Å². The molecule has 0 aliphatic heterocycles. The molecule has 2 rings (SSSR count). The molecule has 22 heavy (non-hydrogen) atoms. The molecule has 0 bridgehead atoms. The van der Waals surface area contributed by atoms with Gasteiger partial charge in [-0.2, -0.15) is 5.10 Å². The summed E-state index contributed by atoms with van der Waals surface area (Å²) in [6.45, 7) is 2.43. The summed E-state index contributed by atoms with van der Waals surface area (Å²) in [5.74, 6) is 0.796. The number of para-hydroxylation sites is 1. The highest BCUT2D eigenvalue weighted by molar-refractivity contribution is 7.80. The molecule has 114 valence electrons. The molecular formula is C17H19N3OS. The van der Waals surface area contributed by atoms with Crippen molar-refractivity contribution in [2.24, 2.45) is 5.10 Å². The van der Waals surface area contributed by atoms with Gasteiger partial charge in [0, 0.05) is 12.6 Å². The lowest BCUT2D eigenvalue weighted by atomic mass is 10.1. The van der Waals surface area contributed by atoms with Gasteiger partial charge in [0.05, 0.1) is 5.71 Å². The normalized spacial score (nSPS) is 10.9. The molecule has 0 heterocycles. The fourth-order valence-corrected chi connectivity index (χ4v) is 1.92. The summed E-state index contributed by atoms with van der Waals surface area (Å²) in [7, 11) is 1.75. The number of benzene rings is 2. The molecule has 0 spiro atoms. The molecule has 0 saturated heterocycles. The van der Waals surface area contributed by atoms with Crippen LogP contribution >= 0.6 is 12.2 Å². The summed E-state index contributed by atoms with van der Waals surface area (Å²) in [6, 6.07) is 17.9. The second kappa shape index (κ2) is 8.14. The standard InChI is InChI=1S/C17H19N3OS/c1-13(19-20-17(22)18-2)15-10-6-7-11-16(15)21-12-14-8-4-3-5-9-14/h3-11H,12H2,1-2H3,(H2,18,20,22)/b19-13-. The molecule has 0 aliphatic carbocycles. The lowest BCUT2D eigenvalue weighted by molar-refractivity contribution is 0.305. The number of ether oxygens (including phenoxy) is 1. The van der Waals surface area contributed by atoms with E-state index in [-0.39, 0.29) is 0 Å². The molecule has 0 radical (unpaired) electrons. The Kier molecular flexibility index (Phi) is 5.91. The van der Waals surface area contributed by atoms with E-state index in [0.717, 1.165) is 22.6 Å². The average molecular weight is 313 g/mol. The lowest BCUT2D eigenvalue weighted by Crippen LogP contribution is -2.29. The van der Waals surface area contributed by atoms with E-state index in [1.807, 2.05) is 61.5 Å². The van der Waals surface area contributed by atoms with Crippen molar-refractivity contribution < 1.29 is 4.74 Å². The Morgan fingerprint density at radius 2 is 1.77 bits per heavy atom. The number of thiocarbonyl (C=S) groups is 1. The van der Waals surface area contributed by atoms with Gasteiger partial charge in [-0.25, -0.2) is 0 Å². The third-order valence-electron chi connectivity index (χ3n) is 3.07. The maximum absolute atomic E-state index is 5.92. The van der Waals surface area contributed by atoms with Crippen LogP contribution in [0.3, 0.4) is 0 Å². The van der Waals surface area contributed by atoms with Gasteiger partial charge in [-0.15, -0.1) is 0 Å². The topological polar surface area (TPSA) is 45.7 Å². The van der Waals surface area contributed by atoms with Crippen molar-refractivity contribution in [1.29, 1.82) is 0 Å². The Morgan fingerprint density at radius 3 is 2.50 bits per heavy atom. The van der Waals surface area contributed by atoms with Crippen LogP contribution in [-0.2, 0) is 6.61 Å². The third-order valence-corrected chi connectivity index (χ3v) is 3.36. The molecule has 0 aromatic heterocycles. The van der Waals surface area contributed by atoms with Crippen LogP contribution in [-0.4, -0.2) is 17.9 Å². The first-order chi connectivity index (χ1) is 10.7. The molecule has 0 unspecified atom stereocenters. The smallest absolute Gasteiger partial charge is 0.186 e. The van der Waals surface area contributed by atoms with E-state index in [9.17, 15) is 0 Å². The highest BCUT2D eigenvalue weighted by Gasteiger charge is 2.06. The van der Waals surface area contributed by atoms with Crippen LogP contribution in [0.5, 0.6) is 5.75 Å². The van der Waals surface area contributed by atoms with Crippen LogP contribution in [0.25, 0.3) is 0 Å². The fourth-order valence-electron chi connectivity index (χ4n) is 1.88. The molecule has 4 nitrogen and oxygen atoms in total. The number of hydrogen-bond acceptors (Lipinski definition) is 3. The van der Waals surface area contributed by atoms with E-state index < -0.39 is 0 Å². The zero-order valence-corrected chi connectivity index (χ0v) is 13.5. The van der Waals surface area contributed by atoms with Crippen LogP contribution in [0.2, 0.25) is 0 Å². The van der Waals surface area contributed by atoms with Crippen LogP contribution in [0.1, 0.15) is 18.1 Å². The van der Waals surface area contributed by atoms with Crippen LogP contribution in [0, 0.1) is 0 Å². The van der Waals surface area contributed by atoms with Crippen LogP contribution in [0.4, 0.5) is 0 Å². The highest BCUT2D eigenvalue weighted by atomic mass is 32.1. The monoisotopic (exact) mass is 313 g/mol. The second-order valence-electron chi connectivity index (χ2n) is 4.66. The van der Waals surface area contributed by atoms with Gasteiger partial charge in [0.15, 0.2) is 5.11 Å². The summed E-state index contributed by atoms with van der Waals surface area (Å²) in [5, 5.41) is 7.55. The van der Waals surface area contributed by atoms with E-state index in [4.69, 9.17) is 17.0 Å². The first kappa shape index (κ1) is 16.0. The molecule has 0 amide bonds. The van der Waals surface area contributed by atoms with E-state index in [1.165, 1.54) is 0 Å². The van der Waals surface area contributed by atoms with E-state index >= 15 is 0 Å². The molecule has 0 fully saturated rings. The lowest BCUT2D eigenvalue weighted by Gasteiger charge is -2.11. The van der Waals surface area contributed by atoms with E-state index in [1.54, 1.807) is 7.05 Å². The van der Waals surface area contributed by atoms with Crippen molar-refractivity contribution >= 4 is 23.0 Å². The molecule has 0 saturated carbocycles. The van der Waals surface area contributed by atoms with Crippen molar-refractivity contribution in [3.05, 3.63) is 65.7 Å². The highest BCUT2D eigenvalue weighted by Crippen LogP contribution is 2.20. The van der Waals surface area contributed by atoms with Gasteiger partial charge in [0.2, 0.25) is 0 Å². The van der Waals surface area contributed by atoms with Gasteiger partial charge in [0.25, 0.3) is 0 Å². The molecule has 2 N–H and O–H groups in total. The largest absolute Gasteiger partial charge is 0.488 e. The van der Waals surface area contributed by atoms with Crippen LogP contribution in [0.15, 0.2) is 59.7 Å². The van der Waals surface area contributed by atoms with Crippen molar-refractivity contribution in [2.45, 2.75) is 13.5 Å². The number of hydrazone groups is 1. The molecule has 2 aromatic rings. The minimum atomic E-state index is 0.474. The maximum atomic E-state index is 5.92. The van der Waals surface area contributed by atoms with Crippen molar-refractivity contribution in [1.82, 2.24) is 10.7 Å². The minimum Gasteiger partial charge on any atom is -0.488 e. The van der Waals surface area contributed by atoms with E-state index in [2.05, 4.69) is 15.8 Å². The minimum absolute atomic E-state index is 0.474. The number of rotatable bonds is 5. The number of hydrogen-bond donors (Lipinski definition) is 2. The van der Waals surface area contributed by atoms with Gasteiger partial charge in [-0.3, -0.25) is 5.43 Å². The third kappa shape index (κ3) is 4.56. The van der Waals surface area contributed by atoms with Gasteiger partial charge in [-0.1, -0.05) is 42.5 Å². The molecular weight excluding hydrogens is 294 g/mol. The Labute approximate surface area is 136 Å². The summed E-state index contributed by atoms with van der Waals surface area (Å²) in [4.78, 5) is 0. The van der Waals surface area contributed by atoms with Crippen molar-refractivity contribution in [3.8, 4) is 5.75 Å². The predicted octanol–water partition coefficient (Wildman–Crippen LogP) is 3.08. The predicted molar refractivity (Wildman–Crippen MR) is 94.2 cm³/mol. The fraction of sp³-hybridized carbons (Fsp3) is 0.176. The van der Waals surface area contributed by atoms with Crippen molar-refractivity contribution in [3.63, 3.8) is 0 Å². The van der Waals surface area contributed by atoms with Gasteiger partial charge in [-0.05, 0) is 36.8 Å². The summed E-state index contributed by atoms with van der Waals surface area (Å²) in [5.41, 5.74) is 5.65. The van der Waals surface area contributed by atoms with Gasteiger partial charge < -0.3 is 10.1 Å². The molecule has 2 aromatic carbocycles. The first-order valence-electron chi connectivity index (χ1n) is 6.99. The molecule has 5 heteroatoms. The van der Waals surface area contributed by atoms with Gasteiger partial charge in [0.1, 0.15) is 12.4 Å². The average Bonchev–Trinajstić information content (AvgIpc) is 2.58. The SMILES string of the molecule is CNC(=S)N/N=C(/C)c1ccccc1OCc1ccccc1.